The van der Waals surface area contributed by atoms with E-state index in [1.807, 2.05) is 5.38 Å². The van der Waals surface area contributed by atoms with Gasteiger partial charge in [0.15, 0.2) is 0 Å². The molecule has 1 aromatic carbocycles. The number of halogens is 2. The van der Waals surface area contributed by atoms with Gasteiger partial charge < -0.3 is 10.6 Å². The minimum absolute atomic E-state index is 0.184. The molecule has 0 saturated heterocycles. The molecule has 1 aromatic heterocycles. The topological polar surface area (TPSA) is 59.2 Å². The molecule has 0 saturated carbocycles. The van der Waals surface area contributed by atoms with Crippen molar-refractivity contribution in [1.82, 2.24) is 9.88 Å². The normalized spacial score (nSPS) is 10.5. The highest BCUT2D eigenvalue weighted by molar-refractivity contribution is 7.07. The van der Waals surface area contributed by atoms with Crippen LogP contribution < -0.4 is 5.73 Å². The molecular weight excluding hydrogens is 305 g/mol. The number of thiazole rings is 1. The van der Waals surface area contributed by atoms with Crippen molar-refractivity contribution < 1.29 is 4.79 Å². The number of carbonyl (C=O) groups is 1. The molecule has 0 aliphatic rings. The molecule has 0 unspecified atom stereocenters. The van der Waals surface area contributed by atoms with E-state index in [0.29, 0.717) is 12.1 Å². The standard InChI is InChI=1S/C12H11Cl2N3OS/c1-17(4-8-5-19-6-16-8)12(18)7-2-9(13)11(15)10(14)3-7/h2-3,5-6H,4,15H2,1H3. The maximum absolute atomic E-state index is 12.2. The first-order chi connectivity index (χ1) is 8.99. The Labute approximate surface area is 124 Å². The molecule has 2 aromatic rings. The SMILES string of the molecule is CN(Cc1cscn1)C(=O)c1cc(Cl)c(N)c(Cl)c1. The predicted octanol–water partition coefficient (Wildman–Crippen LogP) is 3.30. The molecule has 0 aliphatic carbocycles. The Kier molecular flexibility index (Phi) is 4.29. The van der Waals surface area contributed by atoms with Crippen LogP contribution >= 0.6 is 34.5 Å². The lowest BCUT2D eigenvalue weighted by Crippen LogP contribution is -2.26. The fourth-order valence-electron chi connectivity index (χ4n) is 1.56. The minimum atomic E-state index is -0.184. The van der Waals surface area contributed by atoms with Crippen molar-refractivity contribution in [1.29, 1.82) is 0 Å². The molecule has 0 spiro atoms. The molecule has 0 radical (unpaired) electrons. The lowest BCUT2D eigenvalue weighted by molar-refractivity contribution is 0.0783. The molecule has 1 heterocycles. The average Bonchev–Trinajstić information content (AvgIpc) is 2.87. The molecule has 19 heavy (non-hydrogen) atoms. The number of aromatic nitrogens is 1. The van der Waals surface area contributed by atoms with E-state index in [2.05, 4.69) is 4.98 Å². The molecule has 4 nitrogen and oxygen atoms in total. The summed E-state index contributed by atoms with van der Waals surface area (Å²) in [5.74, 6) is -0.184. The molecule has 0 bridgehead atoms. The number of benzene rings is 1. The third-order valence-electron chi connectivity index (χ3n) is 2.56. The van der Waals surface area contributed by atoms with Gasteiger partial charge in [-0.1, -0.05) is 23.2 Å². The van der Waals surface area contributed by atoms with E-state index >= 15 is 0 Å². The van der Waals surface area contributed by atoms with Crippen LogP contribution in [0.4, 0.5) is 5.69 Å². The third-order valence-corrected chi connectivity index (χ3v) is 3.82. The summed E-state index contributed by atoms with van der Waals surface area (Å²) in [6.45, 7) is 0.432. The summed E-state index contributed by atoms with van der Waals surface area (Å²) >= 11 is 13.3. The van der Waals surface area contributed by atoms with Gasteiger partial charge in [-0.2, -0.15) is 0 Å². The number of rotatable bonds is 3. The van der Waals surface area contributed by atoms with Gasteiger partial charge in [-0.25, -0.2) is 4.98 Å². The average molecular weight is 316 g/mol. The Morgan fingerprint density at radius 1 is 1.42 bits per heavy atom. The highest BCUT2D eigenvalue weighted by Crippen LogP contribution is 2.29. The Morgan fingerprint density at radius 3 is 2.58 bits per heavy atom. The number of amides is 1. The monoisotopic (exact) mass is 315 g/mol. The number of hydrogen-bond donors (Lipinski definition) is 1. The zero-order chi connectivity index (χ0) is 14.0. The van der Waals surface area contributed by atoms with Crippen molar-refractivity contribution in [3.8, 4) is 0 Å². The summed E-state index contributed by atoms with van der Waals surface area (Å²) in [4.78, 5) is 17.9. The van der Waals surface area contributed by atoms with Crippen LogP contribution in [0.3, 0.4) is 0 Å². The number of nitrogens with zero attached hydrogens (tertiary/aromatic N) is 2. The number of anilines is 1. The van der Waals surface area contributed by atoms with Gasteiger partial charge in [-0.15, -0.1) is 11.3 Å². The van der Waals surface area contributed by atoms with Crippen LogP contribution in [-0.2, 0) is 6.54 Å². The number of nitrogens with two attached hydrogens (primary N) is 1. The second-order valence-corrected chi connectivity index (χ2v) is 5.53. The summed E-state index contributed by atoms with van der Waals surface area (Å²) in [5.41, 5.74) is 8.89. The van der Waals surface area contributed by atoms with Crippen molar-refractivity contribution in [2.45, 2.75) is 6.54 Å². The van der Waals surface area contributed by atoms with Crippen LogP contribution in [0.15, 0.2) is 23.0 Å². The Balaban J connectivity index is 2.19. The molecule has 7 heteroatoms. The molecule has 0 fully saturated rings. The first-order valence-corrected chi connectivity index (χ1v) is 7.06. The van der Waals surface area contributed by atoms with E-state index in [4.69, 9.17) is 28.9 Å². The predicted molar refractivity (Wildman–Crippen MR) is 78.8 cm³/mol. The summed E-state index contributed by atoms with van der Waals surface area (Å²) in [6, 6.07) is 3.03. The van der Waals surface area contributed by atoms with Crippen LogP contribution in [0.1, 0.15) is 16.1 Å². The van der Waals surface area contributed by atoms with Crippen LogP contribution in [0, 0.1) is 0 Å². The second-order valence-electron chi connectivity index (χ2n) is 3.99. The van der Waals surface area contributed by atoms with Crippen LogP contribution in [0.5, 0.6) is 0 Å². The fourth-order valence-corrected chi connectivity index (χ4v) is 2.60. The fraction of sp³-hybridized carbons (Fsp3) is 0.167. The summed E-state index contributed by atoms with van der Waals surface area (Å²) in [5, 5.41) is 2.45. The van der Waals surface area contributed by atoms with Gasteiger partial charge in [0.1, 0.15) is 0 Å². The van der Waals surface area contributed by atoms with Gasteiger partial charge in [0.05, 0.1) is 33.5 Å². The summed E-state index contributed by atoms with van der Waals surface area (Å²) in [7, 11) is 1.69. The van der Waals surface area contributed by atoms with Gasteiger partial charge >= 0.3 is 0 Å². The van der Waals surface area contributed by atoms with Crippen molar-refractivity contribution in [2.24, 2.45) is 0 Å². The van der Waals surface area contributed by atoms with E-state index in [9.17, 15) is 4.79 Å². The Hall–Kier alpha value is -1.30. The zero-order valence-electron chi connectivity index (χ0n) is 10.1. The minimum Gasteiger partial charge on any atom is -0.396 e. The summed E-state index contributed by atoms with van der Waals surface area (Å²) < 4.78 is 0. The molecule has 100 valence electrons. The van der Waals surface area contributed by atoms with Gasteiger partial charge in [0.25, 0.3) is 5.91 Å². The van der Waals surface area contributed by atoms with E-state index < -0.39 is 0 Å². The van der Waals surface area contributed by atoms with E-state index in [1.165, 1.54) is 23.5 Å². The maximum atomic E-state index is 12.2. The number of carbonyl (C=O) groups excluding carboxylic acids is 1. The largest absolute Gasteiger partial charge is 0.396 e. The van der Waals surface area contributed by atoms with E-state index in [0.717, 1.165) is 5.69 Å². The molecule has 2 rings (SSSR count). The van der Waals surface area contributed by atoms with Crippen molar-refractivity contribution >= 4 is 46.1 Å². The van der Waals surface area contributed by atoms with Gasteiger partial charge in [0.2, 0.25) is 0 Å². The molecule has 0 atom stereocenters. The summed E-state index contributed by atoms with van der Waals surface area (Å²) in [6.07, 6.45) is 0. The molecule has 2 N–H and O–H groups in total. The Morgan fingerprint density at radius 2 is 2.05 bits per heavy atom. The van der Waals surface area contributed by atoms with Gasteiger partial charge in [-0.3, -0.25) is 4.79 Å². The number of hydrogen-bond acceptors (Lipinski definition) is 4. The maximum Gasteiger partial charge on any atom is 0.254 e. The number of nitrogen functional groups attached to an aromatic ring is 1. The van der Waals surface area contributed by atoms with E-state index in [1.54, 1.807) is 17.5 Å². The van der Waals surface area contributed by atoms with Crippen molar-refractivity contribution in [2.75, 3.05) is 12.8 Å². The second kappa shape index (κ2) is 5.77. The van der Waals surface area contributed by atoms with Crippen LogP contribution in [-0.4, -0.2) is 22.8 Å². The van der Waals surface area contributed by atoms with Crippen LogP contribution in [0.2, 0.25) is 10.0 Å². The smallest absolute Gasteiger partial charge is 0.254 e. The van der Waals surface area contributed by atoms with Crippen LogP contribution in [0.25, 0.3) is 0 Å². The van der Waals surface area contributed by atoms with Crippen molar-refractivity contribution in [3.05, 3.63) is 44.3 Å². The van der Waals surface area contributed by atoms with Gasteiger partial charge in [0, 0.05) is 18.0 Å². The zero-order valence-corrected chi connectivity index (χ0v) is 12.4. The van der Waals surface area contributed by atoms with Crippen molar-refractivity contribution in [3.63, 3.8) is 0 Å². The quantitative estimate of drug-likeness (QED) is 0.884. The van der Waals surface area contributed by atoms with E-state index in [-0.39, 0.29) is 21.6 Å². The highest BCUT2D eigenvalue weighted by Gasteiger charge is 2.15. The lowest BCUT2D eigenvalue weighted by atomic mass is 10.2. The molecular formula is C12H11Cl2N3OS. The highest BCUT2D eigenvalue weighted by atomic mass is 35.5. The first-order valence-electron chi connectivity index (χ1n) is 5.36. The Bertz CT molecular complexity index is 578. The molecule has 0 aliphatic heterocycles. The first kappa shape index (κ1) is 14.1. The lowest BCUT2D eigenvalue weighted by Gasteiger charge is -2.16. The third kappa shape index (κ3) is 3.18. The van der Waals surface area contributed by atoms with Gasteiger partial charge in [-0.05, 0) is 12.1 Å². The molecule has 1 amide bonds.